The molecule has 0 aromatic carbocycles. The van der Waals surface area contributed by atoms with Gasteiger partial charge in [-0.05, 0) is 23.8 Å². The van der Waals surface area contributed by atoms with Gasteiger partial charge in [-0.1, -0.05) is 17.8 Å². The van der Waals surface area contributed by atoms with E-state index in [4.69, 9.17) is 0 Å². The second kappa shape index (κ2) is 6.78. The maximum absolute atomic E-state index is 4.43. The maximum atomic E-state index is 4.43. The molecule has 3 aromatic rings. The molecule has 0 aliphatic carbocycles. The van der Waals surface area contributed by atoms with Gasteiger partial charge in [0, 0.05) is 51.0 Å². The summed E-state index contributed by atoms with van der Waals surface area (Å²) in [5.74, 6) is 2.58. The van der Waals surface area contributed by atoms with Gasteiger partial charge in [0.05, 0.1) is 0 Å². The molecule has 0 aliphatic heterocycles. The van der Waals surface area contributed by atoms with E-state index < -0.39 is 0 Å². The highest BCUT2D eigenvalue weighted by atomic mass is 32.2. The van der Waals surface area contributed by atoms with Crippen LogP contribution in [0.25, 0.3) is 11.4 Å². The van der Waals surface area contributed by atoms with Gasteiger partial charge in [0.15, 0.2) is 11.0 Å². The summed E-state index contributed by atoms with van der Waals surface area (Å²) in [5, 5.41) is 9.41. The van der Waals surface area contributed by atoms with Crippen molar-refractivity contribution in [2.24, 2.45) is 7.05 Å². The van der Waals surface area contributed by atoms with E-state index in [1.165, 1.54) is 0 Å². The monoisotopic (exact) mass is 326 g/mol. The van der Waals surface area contributed by atoms with Gasteiger partial charge in [-0.25, -0.2) is 4.98 Å². The molecular weight excluding hydrogens is 308 g/mol. The highest BCUT2D eigenvalue weighted by Gasteiger charge is 2.11. The minimum Gasteiger partial charge on any atom is -0.363 e. The lowest BCUT2D eigenvalue weighted by Gasteiger charge is -2.11. The van der Waals surface area contributed by atoms with Crippen molar-refractivity contribution in [3.63, 3.8) is 0 Å². The van der Waals surface area contributed by atoms with E-state index in [-0.39, 0.29) is 0 Å². The molecule has 3 heterocycles. The molecule has 118 valence electrons. The summed E-state index contributed by atoms with van der Waals surface area (Å²) in [6.07, 6.45) is 5.45. The van der Waals surface area contributed by atoms with Crippen LogP contribution in [-0.2, 0) is 12.8 Å². The van der Waals surface area contributed by atoms with Gasteiger partial charge in [0.2, 0.25) is 0 Å². The summed E-state index contributed by atoms with van der Waals surface area (Å²) < 4.78 is 1.99. The average molecular weight is 326 g/mol. The Hall–Kier alpha value is -2.41. The third-order valence-corrected chi connectivity index (χ3v) is 4.48. The lowest BCUT2D eigenvalue weighted by Crippen LogP contribution is -2.10. The van der Waals surface area contributed by atoms with Crippen LogP contribution in [0.1, 0.15) is 5.56 Å². The molecule has 0 N–H and O–H groups in total. The third kappa shape index (κ3) is 3.50. The van der Waals surface area contributed by atoms with E-state index in [0.29, 0.717) is 0 Å². The maximum Gasteiger partial charge on any atom is 0.191 e. The summed E-state index contributed by atoms with van der Waals surface area (Å²) in [4.78, 5) is 10.5. The molecule has 0 unspecified atom stereocenters. The molecule has 0 aliphatic rings. The van der Waals surface area contributed by atoms with Crippen LogP contribution in [0.4, 0.5) is 5.82 Å². The normalized spacial score (nSPS) is 10.7. The first-order valence-electron chi connectivity index (χ1n) is 7.20. The Bertz CT molecular complexity index is 767. The highest BCUT2D eigenvalue weighted by molar-refractivity contribution is 7.98. The van der Waals surface area contributed by atoms with Gasteiger partial charge < -0.3 is 9.47 Å². The molecule has 0 atom stereocenters. The topological polar surface area (TPSA) is 59.7 Å². The smallest absolute Gasteiger partial charge is 0.191 e. The van der Waals surface area contributed by atoms with E-state index in [1.54, 1.807) is 24.2 Å². The van der Waals surface area contributed by atoms with Crippen LogP contribution in [-0.4, -0.2) is 38.8 Å². The van der Waals surface area contributed by atoms with Gasteiger partial charge in [-0.15, -0.1) is 10.2 Å². The Labute approximate surface area is 139 Å². The standard InChI is InChI=1S/C16H18N6S/c1-21(2)14-7-6-12(9-18-14)11-23-16-20-19-15(22(16)3)13-5-4-8-17-10-13/h4-10H,11H2,1-3H3. The van der Waals surface area contributed by atoms with E-state index in [9.17, 15) is 0 Å². The lowest BCUT2D eigenvalue weighted by atomic mass is 10.3. The molecule has 0 fully saturated rings. The second-order valence-electron chi connectivity index (χ2n) is 5.31. The predicted octanol–water partition coefficient (Wildman–Crippen LogP) is 2.63. The van der Waals surface area contributed by atoms with Crippen molar-refractivity contribution in [2.75, 3.05) is 19.0 Å². The van der Waals surface area contributed by atoms with Crippen LogP contribution in [0.3, 0.4) is 0 Å². The van der Waals surface area contributed by atoms with Crippen molar-refractivity contribution < 1.29 is 0 Å². The number of hydrogen-bond donors (Lipinski definition) is 0. The molecule has 0 radical (unpaired) electrons. The molecular formula is C16H18N6S. The summed E-state index contributed by atoms with van der Waals surface area (Å²) >= 11 is 1.65. The molecule has 0 bridgehead atoms. The van der Waals surface area contributed by atoms with Crippen molar-refractivity contribution in [3.8, 4) is 11.4 Å². The Balaban J connectivity index is 1.70. The molecule has 23 heavy (non-hydrogen) atoms. The zero-order valence-corrected chi connectivity index (χ0v) is 14.2. The molecule has 0 saturated carbocycles. The Morgan fingerprint density at radius 3 is 2.65 bits per heavy atom. The number of nitrogens with zero attached hydrogens (tertiary/aromatic N) is 6. The summed E-state index contributed by atoms with van der Waals surface area (Å²) in [6.45, 7) is 0. The largest absolute Gasteiger partial charge is 0.363 e. The first kappa shape index (κ1) is 15.5. The number of aromatic nitrogens is 5. The minimum absolute atomic E-state index is 0.805. The predicted molar refractivity (Wildman–Crippen MR) is 92.4 cm³/mol. The molecule has 0 saturated heterocycles. The van der Waals surface area contributed by atoms with Crippen LogP contribution >= 0.6 is 11.8 Å². The van der Waals surface area contributed by atoms with Crippen molar-refractivity contribution in [3.05, 3.63) is 48.4 Å². The van der Waals surface area contributed by atoms with Crippen LogP contribution in [0.15, 0.2) is 48.0 Å². The summed E-state index contributed by atoms with van der Waals surface area (Å²) in [7, 11) is 5.94. The van der Waals surface area contributed by atoms with Gasteiger partial charge in [0.1, 0.15) is 5.82 Å². The zero-order chi connectivity index (χ0) is 16.2. The molecule has 0 spiro atoms. The van der Waals surface area contributed by atoms with Gasteiger partial charge >= 0.3 is 0 Å². The minimum atomic E-state index is 0.805. The van der Waals surface area contributed by atoms with Crippen LogP contribution in [0.2, 0.25) is 0 Å². The lowest BCUT2D eigenvalue weighted by molar-refractivity contribution is 0.793. The molecule has 0 amide bonds. The number of thioether (sulfide) groups is 1. The van der Waals surface area contributed by atoms with E-state index >= 15 is 0 Å². The average Bonchev–Trinajstić information content (AvgIpc) is 2.95. The fraction of sp³-hybridized carbons (Fsp3) is 0.250. The SMILES string of the molecule is CN(C)c1ccc(CSc2nnc(-c3cccnc3)n2C)cn1. The summed E-state index contributed by atoms with van der Waals surface area (Å²) in [5.41, 5.74) is 2.12. The summed E-state index contributed by atoms with van der Waals surface area (Å²) in [6, 6.07) is 7.99. The van der Waals surface area contributed by atoms with Crippen LogP contribution in [0.5, 0.6) is 0 Å². The Morgan fingerprint density at radius 2 is 2.00 bits per heavy atom. The Kier molecular flexibility index (Phi) is 4.57. The van der Waals surface area contributed by atoms with Crippen molar-refractivity contribution in [1.29, 1.82) is 0 Å². The number of anilines is 1. The van der Waals surface area contributed by atoms with E-state index in [1.807, 2.05) is 55.0 Å². The second-order valence-corrected chi connectivity index (χ2v) is 6.26. The van der Waals surface area contributed by atoms with Crippen LogP contribution in [0, 0.1) is 0 Å². The zero-order valence-electron chi connectivity index (χ0n) is 13.3. The number of rotatable bonds is 5. The molecule has 6 nitrogen and oxygen atoms in total. The van der Waals surface area contributed by atoms with E-state index in [0.717, 1.165) is 33.7 Å². The quantitative estimate of drug-likeness (QED) is 0.672. The van der Waals surface area contributed by atoms with Crippen molar-refractivity contribution >= 4 is 17.6 Å². The fourth-order valence-electron chi connectivity index (χ4n) is 2.10. The van der Waals surface area contributed by atoms with E-state index in [2.05, 4.69) is 26.2 Å². The molecule has 3 rings (SSSR count). The highest BCUT2D eigenvalue weighted by Crippen LogP contribution is 2.24. The van der Waals surface area contributed by atoms with Crippen LogP contribution < -0.4 is 4.90 Å². The van der Waals surface area contributed by atoms with Crippen molar-refractivity contribution in [1.82, 2.24) is 24.7 Å². The first-order valence-corrected chi connectivity index (χ1v) is 8.18. The van der Waals surface area contributed by atoms with Gasteiger partial charge in [-0.3, -0.25) is 4.98 Å². The molecule has 7 heteroatoms. The van der Waals surface area contributed by atoms with Gasteiger partial charge in [0.25, 0.3) is 0 Å². The number of hydrogen-bond acceptors (Lipinski definition) is 6. The molecule has 3 aromatic heterocycles. The van der Waals surface area contributed by atoms with Gasteiger partial charge in [-0.2, -0.15) is 0 Å². The third-order valence-electron chi connectivity index (χ3n) is 3.39. The fourth-order valence-corrected chi connectivity index (χ4v) is 2.95. The first-order chi connectivity index (χ1) is 11.1. The Morgan fingerprint density at radius 1 is 1.13 bits per heavy atom. The van der Waals surface area contributed by atoms with Crippen molar-refractivity contribution in [2.45, 2.75) is 10.9 Å². The number of pyridine rings is 2.